The van der Waals surface area contributed by atoms with Gasteiger partial charge < -0.3 is 4.74 Å². The highest BCUT2D eigenvalue weighted by atomic mass is 32.2. The molecular formula is C16H17FN2OS. The van der Waals surface area contributed by atoms with Crippen LogP contribution in [0.3, 0.4) is 0 Å². The molecule has 2 bridgehead atoms. The van der Waals surface area contributed by atoms with Crippen molar-refractivity contribution in [1.82, 2.24) is 8.87 Å². The van der Waals surface area contributed by atoms with Gasteiger partial charge in [0.15, 0.2) is 12.3 Å². The third-order valence-electron chi connectivity index (χ3n) is 4.56. The first-order valence-corrected chi connectivity index (χ1v) is 7.88. The predicted octanol–water partition coefficient (Wildman–Crippen LogP) is 3.54. The molecule has 0 aliphatic carbocycles. The normalized spacial score (nSPS) is 23.9. The Bertz CT molecular complexity index is 725. The molecule has 1 aromatic carbocycles. The second-order valence-corrected chi connectivity index (χ2v) is 6.16. The lowest BCUT2D eigenvalue weighted by Crippen LogP contribution is -2.31. The molecular weight excluding hydrogens is 287 g/mol. The first-order chi connectivity index (χ1) is 10.3. The van der Waals surface area contributed by atoms with Crippen molar-refractivity contribution < 1.29 is 8.62 Å². The number of aromatic nitrogens is 1. The molecule has 0 N–H and O–H groups in total. The molecule has 3 heterocycles. The second-order valence-electron chi connectivity index (χ2n) is 5.65. The zero-order valence-corrected chi connectivity index (χ0v) is 12.7. The molecule has 0 spiro atoms. The number of hydrogen-bond donors (Lipinski definition) is 0. The van der Waals surface area contributed by atoms with Crippen molar-refractivity contribution in [3.05, 3.63) is 41.6 Å². The van der Waals surface area contributed by atoms with Crippen LogP contribution in [0.15, 0.2) is 30.4 Å². The zero-order chi connectivity index (χ0) is 14.4. The van der Waals surface area contributed by atoms with Gasteiger partial charge in [-0.2, -0.15) is 0 Å². The summed E-state index contributed by atoms with van der Waals surface area (Å²) in [5.41, 5.74) is 3.33. The molecule has 5 heteroatoms. The molecule has 21 heavy (non-hydrogen) atoms. The largest absolute Gasteiger partial charge is 0.497 e. The Kier molecular flexibility index (Phi) is 3.19. The van der Waals surface area contributed by atoms with Gasteiger partial charge in [-0.15, -0.1) is 3.89 Å². The molecule has 2 unspecified atom stereocenters. The maximum Gasteiger partial charge on any atom is 0.170 e. The van der Waals surface area contributed by atoms with Gasteiger partial charge in [-0.25, -0.2) is 0 Å². The Balaban J connectivity index is 2.00. The van der Waals surface area contributed by atoms with Crippen molar-refractivity contribution in [2.24, 2.45) is 0 Å². The van der Waals surface area contributed by atoms with Crippen molar-refractivity contribution in [1.29, 1.82) is 0 Å². The van der Waals surface area contributed by atoms with E-state index >= 15 is 0 Å². The van der Waals surface area contributed by atoms with Crippen LogP contribution in [-0.2, 0) is 6.42 Å². The summed E-state index contributed by atoms with van der Waals surface area (Å²) in [5, 5.41) is 1.12. The predicted molar refractivity (Wildman–Crippen MR) is 84.6 cm³/mol. The smallest absolute Gasteiger partial charge is 0.170 e. The van der Waals surface area contributed by atoms with Gasteiger partial charge in [0.05, 0.1) is 12.6 Å². The zero-order valence-electron chi connectivity index (χ0n) is 11.9. The van der Waals surface area contributed by atoms with Crippen LogP contribution in [0.2, 0.25) is 0 Å². The van der Waals surface area contributed by atoms with E-state index in [-0.39, 0.29) is 5.92 Å². The Morgan fingerprint density at radius 1 is 1.38 bits per heavy atom. The van der Waals surface area contributed by atoms with Gasteiger partial charge in [-0.1, -0.05) is 12.2 Å². The summed E-state index contributed by atoms with van der Waals surface area (Å²) in [7, 11) is 1.67. The number of ether oxygens (including phenoxy) is 1. The summed E-state index contributed by atoms with van der Waals surface area (Å²) in [5.74, 6) is 1.10. The fourth-order valence-electron chi connectivity index (χ4n) is 3.58. The third-order valence-corrected chi connectivity index (χ3v) is 5.09. The average molecular weight is 304 g/mol. The highest BCUT2D eigenvalue weighted by Crippen LogP contribution is 2.40. The number of hydrogen-bond acceptors (Lipinski definition) is 3. The molecule has 2 aromatic rings. The van der Waals surface area contributed by atoms with Crippen molar-refractivity contribution in [2.45, 2.75) is 12.3 Å². The molecule has 4 rings (SSSR count). The van der Waals surface area contributed by atoms with E-state index < -0.39 is 0 Å². The van der Waals surface area contributed by atoms with Crippen molar-refractivity contribution in [2.75, 3.05) is 26.7 Å². The van der Waals surface area contributed by atoms with Crippen LogP contribution in [-0.4, -0.2) is 35.6 Å². The van der Waals surface area contributed by atoms with Gasteiger partial charge in [0, 0.05) is 36.6 Å². The fraction of sp³-hybridized carbons (Fsp3) is 0.375. The Morgan fingerprint density at radius 2 is 2.29 bits per heavy atom. The minimum Gasteiger partial charge on any atom is -0.497 e. The van der Waals surface area contributed by atoms with Crippen molar-refractivity contribution in [3.8, 4) is 5.75 Å². The van der Waals surface area contributed by atoms with Crippen LogP contribution in [0.25, 0.3) is 10.9 Å². The van der Waals surface area contributed by atoms with Crippen LogP contribution in [0, 0.1) is 0 Å². The van der Waals surface area contributed by atoms with E-state index in [9.17, 15) is 3.89 Å². The molecule has 110 valence electrons. The van der Waals surface area contributed by atoms with E-state index in [0.717, 1.165) is 48.4 Å². The third kappa shape index (κ3) is 1.99. The van der Waals surface area contributed by atoms with E-state index in [1.807, 2.05) is 18.2 Å². The lowest BCUT2D eigenvalue weighted by atomic mass is 9.98. The molecule has 0 amide bonds. The molecule has 2 aliphatic rings. The first-order valence-electron chi connectivity index (χ1n) is 7.21. The highest BCUT2D eigenvalue weighted by molar-refractivity contribution is 7.93. The Morgan fingerprint density at radius 3 is 3.10 bits per heavy atom. The molecule has 2 aliphatic heterocycles. The van der Waals surface area contributed by atoms with Gasteiger partial charge in [0.25, 0.3) is 0 Å². The van der Waals surface area contributed by atoms with Gasteiger partial charge in [-0.3, -0.25) is 8.87 Å². The van der Waals surface area contributed by atoms with E-state index in [1.54, 1.807) is 11.1 Å². The standard InChI is InChI=1S/C16H17FN2OS/c1-20-12-4-5-15-14(9-12)13-6-8-18-7-2-3-11(10-18)16(13)19(15)21-17/h2-5,9,11H,6-8,10H2,1H3. The molecule has 0 saturated carbocycles. The van der Waals surface area contributed by atoms with Gasteiger partial charge in [0.1, 0.15) is 5.75 Å². The molecule has 2 atom stereocenters. The molecule has 0 radical (unpaired) electrons. The molecule has 0 saturated heterocycles. The van der Waals surface area contributed by atoms with Crippen molar-refractivity contribution in [3.63, 3.8) is 0 Å². The summed E-state index contributed by atoms with van der Waals surface area (Å²) in [6.07, 6.45) is 5.39. The van der Waals surface area contributed by atoms with Gasteiger partial charge in [0.2, 0.25) is 0 Å². The SMILES string of the molecule is COc1ccc2c(c1)c1c(n2SF)C2C=CCN(CC1)C2. The minimum absolute atomic E-state index is 0.276. The second kappa shape index (κ2) is 5.07. The van der Waals surface area contributed by atoms with Crippen LogP contribution in [0.1, 0.15) is 17.2 Å². The van der Waals surface area contributed by atoms with Crippen LogP contribution in [0.5, 0.6) is 5.75 Å². The van der Waals surface area contributed by atoms with Gasteiger partial charge in [-0.05, 0) is 30.2 Å². The van der Waals surface area contributed by atoms with Crippen LogP contribution >= 0.6 is 12.3 Å². The summed E-state index contributed by atoms with van der Waals surface area (Å²) in [4.78, 5) is 2.43. The average Bonchev–Trinajstić information content (AvgIpc) is 2.79. The number of rotatable bonds is 2. The van der Waals surface area contributed by atoms with E-state index in [0.29, 0.717) is 12.3 Å². The summed E-state index contributed by atoms with van der Waals surface area (Å²) >= 11 is 0.310. The van der Waals surface area contributed by atoms with Crippen LogP contribution in [0.4, 0.5) is 3.89 Å². The quantitative estimate of drug-likeness (QED) is 0.790. The number of halogens is 1. The lowest BCUT2D eigenvalue weighted by Gasteiger charge is -2.26. The number of nitrogens with zero attached hydrogens (tertiary/aromatic N) is 2. The number of methoxy groups -OCH3 is 1. The van der Waals surface area contributed by atoms with Crippen LogP contribution < -0.4 is 4.74 Å². The topological polar surface area (TPSA) is 17.4 Å². The Hall–Kier alpha value is -1.46. The monoisotopic (exact) mass is 304 g/mol. The lowest BCUT2D eigenvalue weighted by molar-refractivity contribution is 0.295. The summed E-state index contributed by atoms with van der Waals surface area (Å²) in [6.45, 7) is 3.02. The first kappa shape index (κ1) is 13.2. The van der Waals surface area contributed by atoms with E-state index in [1.165, 1.54) is 5.56 Å². The fourth-order valence-corrected chi connectivity index (χ4v) is 4.13. The maximum absolute atomic E-state index is 13.6. The minimum atomic E-state index is 0.276. The molecule has 3 nitrogen and oxygen atoms in total. The summed E-state index contributed by atoms with van der Waals surface area (Å²) < 4.78 is 20.7. The summed E-state index contributed by atoms with van der Waals surface area (Å²) in [6, 6.07) is 5.90. The highest BCUT2D eigenvalue weighted by Gasteiger charge is 2.29. The van der Waals surface area contributed by atoms with Gasteiger partial charge >= 0.3 is 0 Å². The van der Waals surface area contributed by atoms with Crippen molar-refractivity contribution >= 4 is 23.2 Å². The number of fused-ring (bicyclic) bond motifs is 6. The molecule has 0 fully saturated rings. The molecule has 1 aromatic heterocycles. The maximum atomic E-state index is 13.6. The Labute approximate surface area is 127 Å². The van der Waals surface area contributed by atoms with E-state index in [2.05, 4.69) is 17.1 Å². The number of benzene rings is 1. The van der Waals surface area contributed by atoms with E-state index in [4.69, 9.17) is 4.74 Å².